The summed E-state index contributed by atoms with van der Waals surface area (Å²) in [6, 6.07) is 9.29. The van der Waals surface area contributed by atoms with E-state index in [1.807, 2.05) is 25.1 Å². The van der Waals surface area contributed by atoms with Crippen LogP contribution < -0.4 is 51.4 Å². The summed E-state index contributed by atoms with van der Waals surface area (Å²) in [6.45, 7) is 4.05. The Morgan fingerprint density at radius 2 is 1.52 bits per heavy atom. The molecule has 0 aliphatic rings. The fraction of sp³-hybridized carbons (Fsp3) is 0.375. The maximum absolute atomic E-state index is 11.7. The minimum absolute atomic E-state index is 0. The summed E-state index contributed by atoms with van der Waals surface area (Å²) in [4.78, 5) is -0.0326. The van der Waals surface area contributed by atoms with Gasteiger partial charge in [0.25, 0.3) is 0 Å². The summed E-state index contributed by atoms with van der Waals surface area (Å²) in [5, 5.41) is 1.44. The standard InChI is InChI=1S/C16H20O3S.K/c1-3-6-12-8-5-9-15-14(12)11-10-13(7-4-2)16(15)20(17,18)19;/h5,8-11H,3-4,6-7H2,1-2H3,(H,17,18,19);/q;+1/p-1. The van der Waals surface area contributed by atoms with Gasteiger partial charge in [-0.2, -0.15) is 0 Å². The van der Waals surface area contributed by atoms with Crippen LogP contribution >= 0.6 is 0 Å². The molecule has 2 aromatic carbocycles. The van der Waals surface area contributed by atoms with E-state index in [-0.39, 0.29) is 56.3 Å². The number of fused-ring (bicyclic) bond motifs is 1. The summed E-state index contributed by atoms with van der Waals surface area (Å²) in [5.41, 5.74) is 1.72. The summed E-state index contributed by atoms with van der Waals surface area (Å²) >= 11 is 0. The van der Waals surface area contributed by atoms with Crippen molar-refractivity contribution in [3.63, 3.8) is 0 Å². The number of hydrogen-bond acceptors (Lipinski definition) is 3. The van der Waals surface area contributed by atoms with Gasteiger partial charge in [0, 0.05) is 0 Å². The van der Waals surface area contributed by atoms with E-state index >= 15 is 0 Å². The summed E-state index contributed by atoms with van der Waals surface area (Å²) in [5.74, 6) is 0. The molecule has 2 aromatic rings. The van der Waals surface area contributed by atoms with Gasteiger partial charge in [-0.15, -0.1) is 0 Å². The van der Waals surface area contributed by atoms with Crippen molar-refractivity contribution in [1.29, 1.82) is 0 Å². The minimum Gasteiger partial charge on any atom is -0.744 e. The van der Waals surface area contributed by atoms with Crippen molar-refractivity contribution in [3.8, 4) is 0 Å². The Balaban J connectivity index is 0.00000220. The van der Waals surface area contributed by atoms with Crippen molar-refractivity contribution in [2.24, 2.45) is 0 Å². The first kappa shape index (κ1) is 19.3. The smallest absolute Gasteiger partial charge is 0.744 e. The molecular formula is C16H19KO3S. The van der Waals surface area contributed by atoms with Crippen molar-refractivity contribution in [2.45, 2.75) is 44.4 Å². The topological polar surface area (TPSA) is 57.2 Å². The molecule has 3 nitrogen and oxygen atoms in total. The van der Waals surface area contributed by atoms with Crippen LogP contribution in [0, 0.1) is 0 Å². The van der Waals surface area contributed by atoms with Crippen LogP contribution in [0.3, 0.4) is 0 Å². The SMILES string of the molecule is CCCc1ccc2c(CCC)cccc2c1S(=O)(=O)[O-].[K+]. The van der Waals surface area contributed by atoms with E-state index in [1.54, 1.807) is 12.1 Å². The van der Waals surface area contributed by atoms with Crippen LogP contribution in [0.2, 0.25) is 0 Å². The molecule has 0 aliphatic carbocycles. The Morgan fingerprint density at radius 3 is 2.10 bits per heavy atom. The second-order valence-corrected chi connectivity index (χ2v) is 6.34. The van der Waals surface area contributed by atoms with Crippen molar-refractivity contribution in [1.82, 2.24) is 0 Å². The molecule has 0 heterocycles. The van der Waals surface area contributed by atoms with E-state index < -0.39 is 10.1 Å². The first-order valence-electron chi connectivity index (χ1n) is 6.98. The first-order valence-corrected chi connectivity index (χ1v) is 8.39. The Hall–Kier alpha value is 0.246. The molecule has 0 bridgehead atoms. The van der Waals surface area contributed by atoms with E-state index in [9.17, 15) is 13.0 Å². The van der Waals surface area contributed by atoms with Gasteiger partial charge in [0.05, 0.1) is 4.90 Å². The number of hydrogen-bond donors (Lipinski definition) is 0. The Morgan fingerprint density at radius 1 is 0.905 bits per heavy atom. The monoisotopic (exact) mass is 330 g/mol. The maximum Gasteiger partial charge on any atom is 1.00 e. The molecule has 0 unspecified atom stereocenters. The third-order valence-electron chi connectivity index (χ3n) is 3.47. The molecular weight excluding hydrogens is 311 g/mol. The fourth-order valence-electron chi connectivity index (χ4n) is 2.69. The van der Waals surface area contributed by atoms with Gasteiger partial charge >= 0.3 is 51.4 Å². The zero-order chi connectivity index (χ0) is 14.8. The molecule has 108 valence electrons. The first-order chi connectivity index (χ1) is 9.49. The number of aryl methyl sites for hydroxylation is 2. The molecule has 0 atom stereocenters. The van der Waals surface area contributed by atoms with Crippen molar-refractivity contribution < 1.29 is 64.4 Å². The third-order valence-corrected chi connectivity index (χ3v) is 4.45. The molecule has 5 heteroatoms. The molecule has 0 saturated heterocycles. The summed E-state index contributed by atoms with van der Waals surface area (Å²) in [7, 11) is -4.46. The van der Waals surface area contributed by atoms with E-state index in [1.165, 1.54) is 0 Å². The fourth-order valence-corrected chi connectivity index (χ4v) is 3.63. The Kier molecular flexibility index (Phi) is 7.53. The molecule has 0 N–H and O–H groups in total. The van der Waals surface area contributed by atoms with E-state index in [0.29, 0.717) is 17.4 Å². The molecule has 0 fully saturated rings. The van der Waals surface area contributed by atoms with Gasteiger partial charge in [-0.25, -0.2) is 8.42 Å². The van der Waals surface area contributed by atoms with Crippen LogP contribution in [-0.2, 0) is 23.0 Å². The predicted molar refractivity (Wildman–Crippen MR) is 79.9 cm³/mol. The van der Waals surface area contributed by atoms with Gasteiger partial charge in [-0.1, -0.05) is 57.0 Å². The van der Waals surface area contributed by atoms with E-state index in [2.05, 4.69) is 6.92 Å². The van der Waals surface area contributed by atoms with Crippen LogP contribution in [-0.4, -0.2) is 13.0 Å². The quantitative estimate of drug-likeness (QED) is 0.597. The number of rotatable bonds is 5. The zero-order valence-corrected chi connectivity index (χ0v) is 16.8. The summed E-state index contributed by atoms with van der Waals surface area (Å²) in [6.07, 6.45) is 3.27. The second-order valence-electron chi connectivity index (χ2n) is 5.02. The predicted octanol–water partition coefficient (Wildman–Crippen LogP) is 0.653. The van der Waals surface area contributed by atoms with Gasteiger partial charge in [-0.05, 0) is 34.7 Å². The van der Waals surface area contributed by atoms with Crippen LogP contribution in [0.4, 0.5) is 0 Å². The minimum atomic E-state index is -4.46. The molecule has 0 saturated carbocycles. The van der Waals surface area contributed by atoms with Gasteiger partial charge in [0.1, 0.15) is 10.1 Å². The van der Waals surface area contributed by atoms with Crippen molar-refractivity contribution in [2.75, 3.05) is 0 Å². The molecule has 21 heavy (non-hydrogen) atoms. The Labute approximate surface area is 169 Å². The molecule has 2 rings (SSSR count). The van der Waals surface area contributed by atoms with Crippen LogP contribution in [0.1, 0.15) is 37.8 Å². The van der Waals surface area contributed by atoms with Crippen LogP contribution in [0.5, 0.6) is 0 Å². The summed E-state index contributed by atoms with van der Waals surface area (Å²) < 4.78 is 35.0. The molecule has 0 amide bonds. The van der Waals surface area contributed by atoms with Crippen LogP contribution in [0.25, 0.3) is 10.8 Å². The Bertz CT molecular complexity index is 724. The molecule has 0 radical (unpaired) electrons. The van der Waals surface area contributed by atoms with Crippen molar-refractivity contribution in [3.05, 3.63) is 41.5 Å². The molecule has 0 aliphatic heterocycles. The van der Waals surface area contributed by atoms with E-state index in [0.717, 1.165) is 30.2 Å². The number of benzene rings is 2. The average molecular weight is 330 g/mol. The van der Waals surface area contributed by atoms with Gasteiger partial charge in [-0.3, -0.25) is 0 Å². The average Bonchev–Trinajstić information content (AvgIpc) is 2.38. The largest absolute Gasteiger partial charge is 1.00 e. The van der Waals surface area contributed by atoms with E-state index in [4.69, 9.17) is 0 Å². The van der Waals surface area contributed by atoms with Crippen molar-refractivity contribution >= 4 is 20.9 Å². The third kappa shape index (κ3) is 4.38. The van der Waals surface area contributed by atoms with Crippen LogP contribution in [0.15, 0.2) is 35.2 Å². The second kappa shape index (κ2) is 8.20. The zero-order valence-electron chi connectivity index (χ0n) is 12.8. The van der Waals surface area contributed by atoms with Gasteiger partial charge in [0.15, 0.2) is 0 Å². The van der Waals surface area contributed by atoms with Gasteiger partial charge in [0.2, 0.25) is 0 Å². The van der Waals surface area contributed by atoms with Gasteiger partial charge < -0.3 is 4.55 Å². The molecule has 0 spiro atoms. The normalized spacial score (nSPS) is 11.4. The molecule has 0 aromatic heterocycles. The maximum atomic E-state index is 11.7.